The molecule has 0 saturated carbocycles. The van der Waals surface area contributed by atoms with Crippen molar-refractivity contribution >= 4 is 17.9 Å². The van der Waals surface area contributed by atoms with Crippen LogP contribution in [0.2, 0.25) is 0 Å². The number of aromatic nitrogens is 2. The van der Waals surface area contributed by atoms with E-state index in [0.29, 0.717) is 30.8 Å². The normalized spacial score (nSPS) is 13.7. The van der Waals surface area contributed by atoms with Crippen LogP contribution in [0.15, 0.2) is 120 Å². The number of hydrogen-bond donors (Lipinski definition) is 0. The maximum atomic E-state index is 14.4. The van der Waals surface area contributed by atoms with Crippen LogP contribution in [0, 0.1) is 0 Å². The van der Waals surface area contributed by atoms with Gasteiger partial charge in [-0.25, -0.2) is 0 Å². The Kier molecular flexibility index (Phi) is 9.28. The summed E-state index contributed by atoms with van der Waals surface area (Å²) in [7, 11) is 0. The molecule has 3 heterocycles. The standard InChI is InChI=1S/C37H31F3N4O3/c38-37(39,40)32-12-7-26(8-13-32)9-14-35(45)44(24-27-5-10-29(11-6-27)30-15-19-41-20-16-30)34(23-33-18-22-47-42-33)36(46)43-21-17-28-3-1-2-4-31(28)25-43/h1-16,18-20,22,34H,17,21,23-25H2/b14-9+. The van der Waals surface area contributed by atoms with Crippen molar-refractivity contribution in [3.8, 4) is 11.1 Å². The maximum Gasteiger partial charge on any atom is 0.416 e. The Morgan fingerprint density at radius 2 is 1.60 bits per heavy atom. The van der Waals surface area contributed by atoms with E-state index in [9.17, 15) is 22.8 Å². The third-order valence-corrected chi connectivity index (χ3v) is 8.26. The number of pyridine rings is 1. The highest BCUT2D eigenvalue weighted by Crippen LogP contribution is 2.29. The molecule has 2 aromatic heterocycles. The fourth-order valence-electron chi connectivity index (χ4n) is 5.70. The molecule has 0 bridgehead atoms. The van der Waals surface area contributed by atoms with Gasteiger partial charge in [-0.15, -0.1) is 0 Å². The minimum atomic E-state index is -4.47. The highest BCUT2D eigenvalue weighted by atomic mass is 19.4. The van der Waals surface area contributed by atoms with Crippen LogP contribution in [0.3, 0.4) is 0 Å². The first-order valence-electron chi connectivity index (χ1n) is 15.1. The minimum Gasteiger partial charge on any atom is -0.365 e. The van der Waals surface area contributed by atoms with Crippen molar-refractivity contribution in [2.75, 3.05) is 6.54 Å². The Morgan fingerprint density at radius 1 is 0.894 bits per heavy atom. The van der Waals surface area contributed by atoms with Gasteiger partial charge in [-0.2, -0.15) is 13.2 Å². The van der Waals surface area contributed by atoms with Crippen molar-refractivity contribution in [3.05, 3.63) is 149 Å². The van der Waals surface area contributed by atoms with Crippen molar-refractivity contribution in [2.45, 2.75) is 38.1 Å². The summed E-state index contributed by atoms with van der Waals surface area (Å²) in [6.07, 6.45) is 3.93. The number of halogens is 3. The van der Waals surface area contributed by atoms with Gasteiger partial charge in [0.05, 0.1) is 11.3 Å². The lowest BCUT2D eigenvalue weighted by atomic mass is 9.98. The van der Waals surface area contributed by atoms with Gasteiger partial charge >= 0.3 is 6.18 Å². The van der Waals surface area contributed by atoms with E-state index in [1.807, 2.05) is 54.6 Å². The van der Waals surface area contributed by atoms with Gasteiger partial charge < -0.3 is 14.3 Å². The summed E-state index contributed by atoms with van der Waals surface area (Å²) in [5, 5.41) is 4.04. The van der Waals surface area contributed by atoms with Crippen molar-refractivity contribution in [1.29, 1.82) is 0 Å². The van der Waals surface area contributed by atoms with Crippen molar-refractivity contribution in [3.63, 3.8) is 0 Å². The van der Waals surface area contributed by atoms with Gasteiger partial charge in [0.1, 0.15) is 12.3 Å². The molecule has 6 rings (SSSR count). The second-order valence-corrected chi connectivity index (χ2v) is 11.3. The molecule has 0 spiro atoms. The number of alkyl halides is 3. The summed E-state index contributed by atoms with van der Waals surface area (Å²) >= 11 is 0. The molecule has 0 N–H and O–H groups in total. The molecule has 1 aliphatic heterocycles. The molecule has 2 amide bonds. The first-order chi connectivity index (χ1) is 22.7. The Morgan fingerprint density at radius 3 is 2.28 bits per heavy atom. The zero-order valence-electron chi connectivity index (χ0n) is 25.3. The van der Waals surface area contributed by atoms with Crippen LogP contribution in [-0.4, -0.2) is 44.3 Å². The molecule has 1 aliphatic rings. The fourth-order valence-corrected chi connectivity index (χ4v) is 5.70. The fraction of sp³-hybridized carbons (Fsp3) is 0.189. The summed E-state index contributed by atoms with van der Waals surface area (Å²) in [5.74, 6) is -0.699. The number of fused-ring (bicyclic) bond motifs is 1. The number of benzene rings is 3. The number of hydrogen-bond acceptors (Lipinski definition) is 5. The van der Waals surface area contributed by atoms with Crippen molar-refractivity contribution < 1.29 is 27.3 Å². The van der Waals surface area contributed by atoms with E-state index in [0.717, 1.165) is 34.4 Å². The highest BCUT2D eigenvalue weighted by molar-refractivity contribution is 5.95. The molecule has 10 heteroatoms. The molecule has 238 valence electrons. The monoisotopic (exact) mass is 636 g/mol. The molecule has 0 fully saturated rings. The first-order valence-corrected chi connectivity index (χ1v) is 15.1. The first kappa shape index (κ1) is 31.5. The molecule has 1 atom stereocenters. The van der Waals surface area contributed by atoms with Gasteiger partial charge in [-0.3, -0.25) is 14.6 Å². The molecule has 5 aromatic rings. The van der Waals surface area contributed by atoms with E-state index in [2.05, 4.69) is 16.2 Å². The van der Waals surface area contributed by atoms with Gasteiger partial charge in [-0.05, 0) is 70.1 Å². The van der Waals surface area contributed by atoms with E-state index in [4.69, 9.17) is 4.52 Å². The van der Waals surface area contributed by atoms with Crippen molar-refractivity contribution in [1.82, 2.24) is 19.9 Å². The number of rotatable bonds is 9. The molecule has 0 aliphatic carbocycles. The minimum absolute atomic E-state index is 0.103. The smallest absolute Gasteiger partial charge is 0.365 e. The Labute approximate surface area is 270 Å². The average Bonchev–Trinajstić information content (AvgIpc) is 3.62. The van der Waals surface area contributed by atoms with E-state index in [1.54, 1.807) is 23.4 Å². The van der Waals surface area contributed by atoms with Gasteiger partial charge in [0.2, 0.25) is 11.8 Å². The molecule has 3 aromatic carbocycles. The zero-order valence-corrected chi connectivity index (χ0v) is 25.3. The highest BCUT2D eigenvalue weighted by Gasteiger charge is 2.35. The summed E-state index contributed by atoms with van der Waals surface area (Å²) in [6, 6.07) is 24.8. The number of amides is 2. The third-order valence-electron chi connectivity index (χ3n) is 8.26. The van der Waals surface area contributed by atoms with E-state index in [1.165, 1.54) is 41.0 Å². The molecule has 0 saturated heterocycles. The van der Waals surface area contributed by atoms with E-state index >= 15 is 0 Å². The van der Waals surface area contributed by atoms with Crippen LogP contribution in [0.4, 0.5) is 13.2 Å². The average molecular weight is 637 g/mol. The van der Waals surface area contributed by atoms with E-state index in [-0.39, 0.29) is 18.9 Å². The number of nitrogens with zero attached hydrogens (tertiary/aromatic N) is 4. The van der Waals surface area contributed by atoms with Gasteiger partial charge in [0.15, 0.2) is 0 Å². The third kappa shape index (κ3) is 7.66. The van der Waals surface area contributed by atoms with Gasteiger partial charge in [0, 0.05) is 50.6 Å². The van der Waals surface area contributed by atoms with Gasteiger partial charge in [-0.1, -0.05) is 65.8 Å². The summed E-state index contributed by atoms with van der Waals surface area (Å²) < 4.78 is 44.3. The molecule has 47 heavy (non-hydrogen) atoms. The molecule has 1 unspecified atom stereocenters. The quantitative estimate of drug-likeness (QED) is 0.163. The topological polar surface area (TPSA) is 79.5 Å². The lowest BCUT2D eigenvalue weighted by Crippen LogP contribution is -2.52. The van der Waals surface area contributed by atoms with Crippen LogP contribution in [-0.2, 0) is 41.7 Å². The number of carbonyl (C=O) groups is 2. The zero-order chi connectivity index (χ0) is 32.8. The predicted molar refractivity (Wildman–Crippen MR) is 170 cm³/mol. The van der Waals surface area contributed by atoms with Crippen LogP contribution in [0.1, 0.15) is 33.5 Å². The summed E-state index contributed by atoms with van der Waals surface area (Å²) in [6.45, 7) is 1.01. The van der Waals surface area contributed by atoms with Crippen molar-refractivity contribution in [2.24, 2.45) is 0 Å². The largest absolute Gasteiger partial charge is 0.416 e. The van der Waals surface area contributed by atoms with Crippen LogP contribution < -0.4 is 0 Å². The van der Waals surface area contributed by atoms with Crippen LogP contribution in [0.5, 0.6) is 0 Å². The molecule has 0 radical (unpaired) electrons. The van der Waals surface area contributed by atoms with Crippen LogP contribution >= 0.6 is 0 Å². The maximum absolute atomic E-state index is 14.4. The van der Waals surface area contributed by atoms with E-state index < -0.39 is 23.7 Å². The summed E-state index contributed by atoms with van der Waals surface area (Å²) in [4.78, 5) is 35.7. The lowest BCUT2D eigenvalue weighted by Gasteiger charge is -2.36. The molecular weight excluding hydrogens is 605 g/mol. The Hall–Kier alpha value is -5.51. The second kappa shape index (κ2) is 13.9. The Balaban J connectivity index is 1.32. The molecule has 7 nitrogen and oxygen atoms in total. The lowest BCUT2D eigenvalue weighted by molar-refractivity contribution is -0.144. The Bertz CT molecular complexity index is 1840. The van der Waals surface area contributed by atoms with Gasteiger partial charge in [0.25, 0.3) is 0 Å². The predicted octanol–water partition coefficient (Wildman–Crippen LogP) is 6.99. The number of carbonyl (C=O) groups excluding carboxylic acids is 2. The SMILES string of the molecule is O=C(C(Cc1ccon1)N(Cc1ccc(-c2ccncc2)cc1)C(=O)/C=C/c1ccc(C(F)(F)F)cc1)N1CCc2ccccc2C1. The van der Waals surface area contributed by atoms with Crippen LogP contribution in [0.25, 0.3) is 17.2 Å². The summed E-state index contributed by atoms with van der Waals surface area (Å²) in [5.41, 5.74) is 5.14. The second-order valence-electron chi connectivity index (χ2n) is 11.3. The molecular formula is C37H31F3N4O3.